The number of aromatic nitrogens is 3. The van der Waals surface area contributed by atoms with Crippen LogP contribution in [-0.4, -0.2) is 21.1 Å². The molecule has 0 radical (unpaired) electrons. The molecule has 1 aromatic carbocycles. The van der Waals surface area contributed by atoms with Crippen LogP contribution in [0.2, 0.25) is 5.02 Å². The number of hydrogen-bond acceptors (Lipinski definition) is 4. The largest absolute Gasteiger partial charge is 0.485 e. The molecule has 0 N–H and O–H groups in total. The zero-order valence-corrected chi connectivity index (χ0v) is 9.89. The second kappa shape index (κ2) is 4.97. The molecule has 1 heterocycles. The normalized spacial score (nSPS) is 10.2. The Morgan fingerprint density at radius 2 is 2.35 bits per heavy atom. The van der Waals surface area contributed by atoms with E-state index in [1.165, 1.54) is 6.33 Å². The number of halogens is 1. The van der Waals surface area contributed by atoms with E-state index in [1.807, 2.05) is 0 Å². The summed E-state index contributed by atoms with van der Waals surface area (Å²) in [5.74, 6) is 1.11. The Hall–Kier alpha value is -1.88. The monoisotopic (exact) mass is 251 g/mol. The Kier molecular flexibility index (Phi) is 3.39. The number of carbonyl (C=O) groups excluding carboxylic acids is 1. The highest BCUT2D eigenvalue weighted by Gasteiger charge is 2.08. The van der Waals surface area contributed by atoms with E-state index in [2.05, 4.69) is 10.1 Å². The van der Waals surface area contributed by atoms with E-state index in [0.717, 1.165) is 0 Å². The molecule has 0 fully saturated rings. The summed E-state index contributed by atoms with van der Waals surface area (Å²) in [7, 11) is 1.77. The Balaban J connectivity index is 2.17. The Morgan fingerprint density at radius 1 is 1.53 bits per heavy atom. The van der Waals surface area contributed by atoms with E-state index in [-0.39, 0.29) is 6.61 Å². The lowest BCUT2D eigenvalue weighted by Crippen LogP contribution is -2.05. The fourth-order valence-electron chi connectivity index (χ4n) is 1.35. The number of nitrogens with zero attached hydrogens (tertiary/aromatic N) is 3. The molecule has 5 nitrogen and oxygen atoms in total. The van der Waals surface area contributed by atoms with Crippen molar-refractivity contribution in [2.24, 2.45) is 7.05 Å². The van der Waals surface area contributed by atoms with Crippen LogP contribution >= 0.6 is 11.6 Å². The number of aryl methyl sites for hydroxylation is 1. The van der Waals surface area contributed by atoms with Crippen molar-refractivity contribution in [1.29, 1.82) is 0 Å². The minimum absolute atomic E-state index is 0.234. The quantitative estimate of drug-likeness (QED) is 0.779. The number of rotatable bonds is 4. The Labute approximate surface area is 103 Å². The highest BCUT2D eigenvalue weighted by molar-refractivity contribution is 6.33. The van der Waals surface area contributed by atoms with Crippen molar-refractivity contribution in [3.05, 3.63) is 40.9 Å². The first-order valence-corrected chi connectivity index (χ1v) is 5.29. The van der Waals surface area contributed by atoms with Crippen molar-refractivity contribution in [3.8, 4) is 5.75 Å². The molecule has 17 heavy (non-hydrogen) atoms. The van der Waals surface area contributed by atoms with Crippen molar-refractivity contribution in [2.45, 2.75) is 6.61 Å². The third-order valence-corrected chi connectivity index (χ3v) is 2.62. The van der Waals surface area contributed by atoms with Crippen LogP contribution in [-0.2, 0) is 13.7 Å². The van der Waals surface area contributed by atoms with Crippen LogP contribution < -0.4 is 4.74 Å². The second-order valence-corrected chi connectivity index (χ2v) is 3.77. The summed E-state index contributed by atoms with van der Waals surface area (Å²) in [6.45, 7) is 0.234. The highest BCUT2D eigenvalue weighted by Crippen LogP contribution is 2.24. The molecule has 0 spiro atoms. The van der Waals surface area contributed by atoms with Crippen LogP contribution in [0.25, 0.3) is 0 Å². The molecule has 2 rings (SSSR count). The van der Waals surface area contributed by atoms with Gasteiger partial charge in [0.05, 0.1) is 10.6 Å². The molecule has 0 aliphatic rings. The van der Waals surface area contributed by atoms with E-state index in [1.54, 1.807) is 29.9 Å². The minimum atomic E-state index is 0.234. The summed E-state index contributed by atoms with van der Waals surface area (Å²) in [4.78, 5) is 14.9. The fraction of sp³-hybridized carbons (Fsp3) is 0.182. The molecular formula is C11H10ClN3O2. The van der Waals surface area contributed by atoms with E-state index in [9.17, 15) is 4.79 Å². The van der Waals surface area contributed by atoms with Gasteiger partial charge in [-0.05, 0) is 12.1 Å². The van der Waals surface area contributed by atoms with Crippen LogP contribution in [0.15, 0.2) is 24.5 Å². The van der Waals surface area contributed by atoms with Crippen LogP contribution in [0.5, 0.6) is 5.75 Å². The van der Waals surface area contributed by atoms with Gasteiger partial charge >= 0.3 is 0 Å². The maximum atomic E-state index is 10.9. The van der Waals surface area contributed by atoms with Crippen molar-refractivity contribution in [2.75, 3.05) is 0 Å². The molecule has 0 saturated heterocycles. The summed E-state index contributed by atoms with van der Waals surface area (Å²) in [6.07, 6.45) is 2.12. The zero-order valence-electron chi connectivity index (χ0n) is 9.13. The van der Waals surface area contributed by atoms with E-state index < -0.39 is 0 Å². The number of hydrogen-bond donors (Lipinski definition) is 0. The van der Waals surface area contributed by atoms with Crippen molar-refractivity contribution < 1.29 is 9.53 Å². The minimum Gasteiger partial charge on any atom is -0.485 e. The van der Waals surface area contributed by atoms with Gasteiger partial charge in [-0.1, -0.05) is 17.7 Å². The summed E-state index contributed by atoms with van der Waals surface area (Å²) < 4.78 is 7.10. The van der Waals surface area contributed by atoms with Crippen LogP contribution in [0.1, 0.15) is 16.2 Å². The topological polar surface area (TPSA) is 57.0 Å². The van der Waals surface area contributed by atoms with Crippen molar-refractivity contribution in [1.82, 2.24) is 14.8 Å². The highest BCUT2D eigenvalue weighted by atomic mass is 35.5. The zero-order chi connectivity index (χ0) is 12.3. The number of benzene rings is 1. The molecular weight excluding hydrogens is 242 g/mol. The molecule has 0 amide bonds. The lowest BCUT2D eigenvalue weighted by atomic mass is 10.2. The Bertz CT molecular complexity index is 539. The number of ether oxygens (including phenoxy) is 1. The first-order valence-electron chi connectivity index (χ1n) is 4.91. The fourth-order valence-corrected chi connectivity index (χ4v) is 1.56. The van der Waals surface area contributed by atoms with Gasteiger partial charge in [-0.25, -0.2) is 4.98 Å². The van der Waals surface area contributed by atoms with Gasteiger partial charge in [-0.15, -0.1) is 0 Å². The number of aldehydes is 1. The lowest BCUT2D eigenvalue weighted by Gasteiger charge is -2.08. The maximum absolute atomic E-state index is 10.9. The molecule has 0 unspecified atom stereocenters. The summed E-state index contributed by atoms with van der Waals surface area (Å²) in [5.41, 5.74) is 0.344. The van der Waals surface area contributed by atoms with E-state index in [0.29, 0.717) is 28.4 Å². The van der Waals surface area contributed by atoms with Gasteiger partial charge in [-0.3, -0.25) is 9.48 Å². The van der Waals surface area contributed by atoms with Crippen LogP contribution in [0.4, 0.5) is 0 Å². The van der Waals surface area contributed by atoms with Gasteiger partial charge < -0.3 is 4.74 Å². The molecule has 1 aromatic heterocycles. The van der Waals surface area contributed by atoms with Crippen LogP contribution in [0.3, 0.4) is 0 Å². The number of carbonyl (C=O) groups is 1. The molecule has 2 aromatic rings. The summed E-state index contributed by atoms with van der Waals surface area (Å²) in [6, 6.07) is 5.05. The molecule has 0 saturated carbocycles. The van der Waals surface area contributed by atoms with Gasteiger partial charge in [0.2, 0.25) is 0 Å². The van der Waals surface area contributed by atoms with Crippen molar-refractivity contribution >= 4 is 17.9 Å². The molecule has 0 atom stereocenters. The van der Waals surface area contributed by atoms with Gasteiger partial charge in [0.1, 0.15) is 18.7 Å². The average molecular weight is 252 g/mol. The summed E-state index contributed by atoms with van der Waals surface area (Å²) in [5, 5.41) is 4.29. The lowest BCUT2D eigenvalue weighted by molar-refractivity contribution is 0.111. The van der Waals surface area contributed by atoms with E-state index in [4.69, 9.17) is 16.3 Å². The van der Waals surface area contributed by atoms with Gasteiger partial charge in [0.25, 0.3) is 0 Å². The smallest absolute Gasteiger partial charge is 0.164 e. The molecule has 0 aliphatic carbocycles. The third-order valence-electron chi connectivity index (χ3n) is 2.29. The Morgan fingerprint density at radius 3 is 3.00 bits per heavy atom. The molecule has 0 aliphatic heterocycles. The average Bonchev–Trinajstić information content (AvgIpc) is 2.72. The molecule has 88 valence electrons. The van der Waals surface area contributed by atoms with Gasteiger partial charge in [-0.2, -0.15) is 5.10 Å². The predicted octanol–water partition coefficient (Wildman–Crippen LogP) is 1.86. The first-order chi connectivity index (χ1) is 8.22. The van der Waals surface area contributed by atoms with Crippen LogP contribution in [0, 0.1) is 0 Å². The maximum Gasteiger partial charge on any atom is 0.164 e. The van der Waals surface area contributed by atoms with Gasteiger partial charge in [0.15, 0.2) is 12.1 Å². The van der Waals surface area contributed by atoms with Crippen molar-refractivity contribution in [3.63, 3.8) is 0 Å². The summed E-state index contributed by atoms with van der Waals surface area (Å²) >= 11 is 5.88. The first kappa shape index (κ1) is 11.6. The standard InChI is InChI=1S/C11H10ClN3O2/c1-15-11(13-7-14-15)6-17-10-4-2-3-9(12)8(10)5-16/h2-5,7H,6H2,1H3. The molecule has 6 heteroatoms. The SMILES string of the molecule is Cn1ncnc1COc1cccc(Cl)c1C=O. The third kappa shape index (κ3) is 2.45. The van der Waals surface area contributed by atoms with Gasteiger partial charge in [0, 0.05) is 7.05 Å². The molecule has 0 bridgehead atoms. The predicted molar refractivity (Wildman–Crippen MR) is 62.2 cm³/mol. The van der Waals surface area contributed by atoms with E-state index >= 15 is 0 Å². The second-order valence-electron chi connectivity index (χ2n) is 3.36.